The summed E-state index contributed by atoms with van der Waals surface area (Å²) in [7, 11) is -2.94. The Morgan fingerprint density at radius 1 is 1.23 bits per heavy atom. The van der Waals surface area contributed by atoms with E-state index >= 15 is 0 Å². The summed E-state index contributed by atoms with van der Waals surface area (Å²) in [5.74, 6) is 1.09. The van der Waals surface area contributed by atoms with Crippen molar-refractivity contribution < 1.29 is 25.6 Å². The number of imidazole rings is 1. The summed E-state index contributed by atoms with van der Waals surface area (Å²) >= 11 is 0. The first-order chi connectivity index (χ1) is 17.9. The summed E-state index contributed by atoms with van der Waals surface area (Å²) in [6.07, 6.45) is 5.51. The normalized spacial score (nSPS) is 51.4. The minimum Gasteiger partial charge on any atom is -0.387 e. The molecule has 4 aliphatic rings. The molecule has 172 valence electrons. The number of fused-ring (bicyclic) bond motifs is 5. The van der Waals surface area contributed by atoms with Gasteiger partial charge in [-0.05, 0) is 92.3 Å². The molecule has 4 aliphatic carbocycles. The van der Waals surface area contributed by atoms with E-state index in [0.717, 1.165) is 38.5 Å². The molecule has 0 spiro atoms. The molecule has 5 nitrogen and oxygen atoms in total. The number of ketones is 1. The molecular formula is C26H40N2O3. The van der Waals surface area contributed by atoms with Gasteiger partial charge in [0.15, 0.2) is 5.78 Å². The van der Waals surface area contributed by atoms with Crippen LogP contribution in [0.3, 0.4) is 0 Å². The van der Waals surface area contributed by atoms with Crippen LogP contribution in [0.4, 0.5) is 0 Å². The van der Waals surface area contributed by atoms with Crippen molar-refractivity contribution in [2.24, 2.45) is 40.4 Å². The lowest BCUT2D eigenvalue weighted by Crippen LogP contribution is -2.56. The highest BCUT2D eigenvalue weighted by atomic mass is 16.5. The number of nitrogens with zero attached hydrogens (tertiary/aromatic N) is 2. The van der Waals surface area contributed by atoms with Gasteiger partial charge in [-0.2, -0.15) is 0 Å². The van der Waals surface area contributed by atoms with Gasteiger partial charge in [-0.3, -0.25) is 4.79 Å². The summed E-state index contributed by atoms with van der Waals surface area (Å²) in [6.45, 7) is 1.72. The molecule has 0 amide bonds. The molecule has 4 saturated carbocycles. The van der Waals surface area contributed by atoms with Crippen molar-refractivity contribution >= 4 is 5.78 Å². The smallest absolute Gasteiger partial charge is 0.156 e. The van der Waals surface area contributed by atoms with E-state index < -0.39 is 19.2 Å². The maximum absolute atomic E-state index is 13.5. The van der Waals surface area contributed by atoms with Crippen molar-refractivity contribution in [3.8, 4) is 0 Å². The quantitative estimate of drug-likeness (QED) is 0.739. The van der Waals surface area contributed by atoms with Gasteiger partial charge in [0.25, 0.3) is 0 Å². The number of aromatic nitrogens is 2. The Balaban J connectivity index is 1.32. The van der Waals surface area contributed by atoms with Crippen molar-refractivity contribution in [2.45, 2.75) is 83.8 Å². The Labute approximate surface area is 198 Å². The maximum atomic E-state index is 13.5. The van der Waals surface area contributed by atoms with Gasteiger partial charge in [-0.1, -0.05) is 13.8 Å². The molecule has 0 bridgehead atoms. The van der Waals surface area contributed by atoms with Crippen molar-refractivity contribution in [1.29, 1.82) is 0 Å². The number of hydrogen-bond donors (Lipinski definition) is 1. The van der Waals surface area contributed by atoms with Gasteiger partial charge < -0.3 is 14.4 Å². The SMILES string of the molecule is [2H]c1nc([2H])n(CC(=O)[C@H]2CC[C@H]3[C@@H]4CC[C@H]5C[C@@](O)(C([2H])([2H])OC([2H])([2H])[2H])CC[C@]5(C)[C@H]4CC[C@]23C)c1[2H]. The first kappa shape index (κ1) is 14.1. The summed E-state index contributed by atoms with van der Waals surface area (Å²) < 4.78 is 68.3. The number of aliphatic hydroxyl groups is 1. The highest BCUT2D eigenvalue weighted by molar-refractivity contribution is 5.82. The van der Waals surface area contributed by atoms with Crippen LogP contribution in [0.2, 0.25) is 0 Å². The fourth-order valence-electron chi connectivity index (χ4n) is 8.50. The molecule has 0 saturated heterocycles. The predicted octanol–water partition coefficient (Wildman–Crippen LogP) is 4.49. The monoisotopic (exact) mass is 436 g/mol. The van der Waals surface area contributed by atoms with Gasteiger partial charge in [0, 0.05) is 25.3 Å². The zero-order chi connectivity index (χ0) is 28.8. The minimum absolute atomic E-state index is 0.0111. The predicted molar refractivity (Wildman–Crippen MR) is 119 cm³/mol. The molecule has 1 N–H and O–H groups in total. The second-order valence-corrected chi connectivity index (χ2v) is 11.3. The van der Waals surface area contributed by atoms with Crippen molar-refractivity contribution in [3.05, 3.63) is 18.6 Å². The van der Waals surface area contributed by atoms with E-state index in [2.05, 4.69) is 18.8 Å². The molecule has 0 unspecified atom stereocenters. The van der Waals surface area contributed by atoms with Crippen molar-refractivity contribution in [2.75, 3.05) is 13.6 Å². The standard InChI is InChI=1S/C26H40N2O3/c1-24-10-11-26(30,16-31-3)14-18(24)4-5-19-20-6-7-22(25(20,2)9-8-21(19)24)23(29)15-28-13-12-27-17-28/h12-13,17-22,30H,4-11,14-16H2,1-3H3/t18-,19-,20-,21-,22+,24-,25-,26+/m0/s1/i3D3,12D,13D,16D2,17D. The maximum Gasteiger partial charge on any atom is 0.156 e. The average molecular weight is 437 g/mol. The Bertz CT molecular complexity index is 1140. The number of ether oxygens (including phenoxy) is 1. The van der Waals surface area contributed by atoms with Crippen molar-refractivity contribution in [3.63, 3.8) is 0 Å². The second-order valence-electron chi connectivity index (χ2n) is 11.3. The van der Waals surface area contributed by atoms with E-state index in [1.165, 1.54) is 4.57 Å². The third-order valence-corrected chi connectivity index (χ3v) is 10.1. The summed E-state index contributed by atoms with van der Waals surface area (Å²) in [4.78, 5) is 17.2. The molecule has 1 aromatic rings. The molecule has 5 heteroatoms. The first-order valence-electron chi connectivity index (χ1n) is 15.9. The van der Waals surface area contributed by atoms with Crippen LogP contribution in [0, 0.1) is 40.4 Å². The molecule has 31 heavy (non-hydrogen) atoms. The molecule has 0 radical (unpaired) electrons. The van der Waals surface area contributed by atoms with Gasteiger partial charge in [0.2, 0.25) is 0 Å². The van der Waals surface area contributed by atoms with Gasteiger partial charge >= 0.3 is 0 Å². The number of rotatable bonds is 5. The molecule has 0 aliphatic heterocycles. The van der Waals surface area contributed by atoms with E-state index in [9.17, 15) is 9.90 Å². The lowest BCUT2D eigenvalue weighted by Gasteiger charge is -2.62. The molecule has 8 atom stereocenters. The highest BCUT2D eigenvalue weighted by Gasteiger charge is 2.62. The van der Waals surface area contributed by atoms with Crippen LogP contribution in [0.15, 0.2) is 18.6 Å². The van der Waals surface area contributed by atoms with E-state index in [1.54, 1.807) is 0 Å². The molecule has 0 aromatic carbocycles. The molecule has 1 heterocycles. The van der Waals surface area contributed by atoms with Crippen LogP contribution < -0.4 is 0 Å². The highest BCUT2D eigenvalue weighted by Crippen LogP contribution is 2.68. The zero-order valence-electron chi connectivity index (χ0n) is 26.6. The number of hydrogen-bond acceptors (Lipinski definition) is 4. The third-order valence-electron chi connectivity index (χ3n) is 10.1. The summed E-state index contributed by atoms with van der Waals surface area (Å²) in [5, 5.41) is 11.3. The largest absolute Gasteiger partial charge is 0.387 e. The van der Waals surface area contributed by atoms with E-state index in [0.29, 0.717) is 24.2 Å². The van der Waals surface area contributed by atoms with Crippen LogP contribution in [0.25, 0.3) is 0 Å². The average Bonchev–Trinajstić information content (AvgIpc) is 3.28. The van der Waals surface area contributed by atoms with Crippen LogP contribution >= 0.6 is 0 Å². The zero-order valence-corrected chi connectivity index (χ0v) is 18.6. The van der Waals surface area contributed by atoms with E-state index in [4.69, 9.17) is 15.7 Å². The number of carbonyl (C=O) groups excluding carboxylic acids is 1. The van der Waals surface area contributed by atoms with Crippen molar-refractivity contribution in [1.82, 2.24) is 9.55 Å². The Morgan fingerprint density at radius 3 is 2.84 bits per heavy atom. The Hall–Kier alpha value is -1.20. The topological polar surface area (TPSA) is 64.4 Å². The van der Waals surface area contributed by atoms with Gasteiger partial charge in [-0.15, -0.1) is 0 Å². The molecular weight excluding hydrogens is 388 g/mol. The first-order valence-corrected chi connectivity index (χ1v) is 11.9. The minimum atomic E-state index is -2.94. The molecule has 4 fully saturated rings. The Kier molecular flexibility index (Phi) is 3.51. The summed E-state index contributed by atoms with van der Waals surface area (Å²) in [5.41, 5.74) is -2.13. The van der Waals surface area contributed by atoms with Crippen LogP contribution in [-0.2, 0) is 16.1 Å². The van der Waals surface area contributed by atoms with Crippen LogP contribution in [-0.4, -0.2) is 39.6 Å². The second kappa shape index (κ2) is 7.69. The number of carbonyl (C=O) groups is 1. The van der Waals surface area contributed by atoms with E-state index in [-0.39, 0.29) is 66.5 Å². The Morgan fingerprint density at radius 2 is 2.06 bits per heavy atom. The van der Waals surface area contributed by atoms with Gasteiger partial charge in [0.1, 0.15) is 1.37 Å². The lowest BCUT2D eigenvalue weighted by atomic mass is 9.44. The molecule has 1 aromatic heterocycles. The fraction of sp³-hybridized carbons (Fsp3) is 0.846. The number of methoxy groups -OCH3 is 1. The fourth-order valence-corrected chi connectivity index (χ4v) is 8.50. The third kappa shape index (κ3) is 3.42. The molecule has 5 rings (SSSR count). The van der Waals surface area contributed by atoms with Gasteiger partial charge in [0.05, 0.1) is 34.6 Å². The van der Waals surface area contributed by atoms with Gasteiger partial charge in [-0.25, -0.2) is 4.98 Å². The lowest BCUT2D eigenvalue weighted by molar-refractivity contribution is -0.164. The van der Waals surface area contributed by atoms with Crippen LogP contribution in [0.1, 0.15) is 82.6 Å². The summed E-state index contributed by atoms with van der Waals surface area (Å²) in [6, 6.07) is 0. The van der Waals surface area contributed by atoms with E-state index in [1.807, 2.05) is 0 Å². The van der Waals surface area contributed by atoms with Crippen LogP contribution in [0.5, 0.6) is 0 Å². The number of Topliss-reactive ketones (excluding diaryl/α,β-unsaturated/α-hetero) is 1.